The van der Waals surface area contributed by atoms with Crippen molar-refractivity contribution in [1.82, 2.24) is 10.3 Å². The number of likely N-dealkylation sites (N-methyl/N-ethyl adjacent to an activating group) is 1. The Morgan fingerprint density at radius 2 is 2.47 bits per heavy atom. The van der Waals surface area contributed by atoms with Crippen LogP contribution >= 0.6 is 27.7 Å². The van der Waals surface area contributed by atoms with E-state index in [0.29, 0.717) is 6.04 Å². The number of halogens is 1. The third-order valence-electron chi connectivity index (χ3n) is 3.22. The van der Waals surface area contributed by atoms with E-state index >= 15 is 0 Å². The maximum atomic E-state index is 4.24. The highest BCUT2D eigenvalue weighted by Gasteiger charge is 2.24. The number of hydrogen-bond donors (Lipinski definition) is 1. The van der Waals surface area contributed by atoms with Crippen LogP contribution in [0.5, 0.6) is 0 Å². The quantitative estimate of drug-likeness (QED) is 0.904. The second kappa shape index (κ2) is 6.76. The fraction of sp³-hybridized carbons (Fsp3) is 0.615. The Morgan fingerprint density at radius 1 is 1.59 bits per heavy atom. The van der Waals surface area contributed by atoms with Gasteiger partial charge in [-0.2, -0.15) is 11.8 Å². The van der Waals surface area contributed by atoms with E-state index in [1.165, 1.54) is 23.5 Å². The average molecular weight is 315 g/mol. The molecular formula is C13H19BrN2S. The van der Waals surface area contributed by atoms with Crippen molar-refractivity contribution in [3.63, 3.8) is 0 Å². The molecule has 1 fully saturated rings. The van der Waals surface area contributed by atoms with Gasteiger partial charge in [-0.25, -0.2) is 0 Å². The molecule has 1 aromatic heterocycles. The first-order valence-corrected chi connectivity index (χ1v) is 8.15. The predicted molar refractivity (Wildman–Crippen MR) is 78.5 cm³/mol. The minimum absolute atomic E-state index is 0.603. The molecule has 0 saturated carbocycles. The van der Waals surface area contributed by atoms with Gasteiger partial charge in [0.25, 0.3) is 0 Å². The van der Waals surface area contributed by atoms with Crippen molar-refractivity contribution in [2.24, 2.45) is 5.92 Å². The zero-order valence-corrected chi connectivity index (χ0v) is 12.6. The molecule has 2 unspecified atom stereocenters. The number of nitrogens with one attached hydrogen (secondary N) is 1. The fourth-order valence-electron chi connectivity index (χ4n) is 2.36. The molecule has 17 heavy (non-hydrogen) atoms. The van der Waals surface area contributed by atoms with Crippen molar-refractivity contribution in [2.45, 2.75) is 25.8 Å². The number of pyridine rings is 1. The van der Waals surface area contributed by atoms with E-state index in [1.54, 1.807) is 0 Å². The van der Waals surface area contributed by atoms with Crippen molar-refractivity contribution in [1.29, 1.82) is 0 Å². The largest absolute Gasteiger partial charge is 0.314 e. The van der Waals surface area contributed by atoms with Crippen LogP contribution in [0.3, 0.4) is 0 Å². The summed E-state index contributed by atoms with van der Waals surface area (Å²) in [5.41, 5.74) is 1.32. The van der Waals surface area contributed by atoms with Crippen LogP contribution in [0, 0.1) is 5.92 Å². The van der Waals surface area contributed by atoms with E-state index in [0.717, 1.165) is 23.4 Å². The predicted octanol–water partition coefficient (Wildman–Crippen LogP) is 3.12. The molecule has 2 heterocycles. The number of hydrogen-bond acceptors (Lipinski definition) is 3. The summed E-state index contributed by atoms with van der Waals surface area (Å²) >= 11 is 5.57. The monoisotopic (exact) mass is 314 g/mol. The van der Waals surface area contributed by atoms with Crippen LogP contribution in [0.4, 0.5) is 0 Å². The van der Waals surface area contributed by atoms with Gasteiger partial charge in [-0.15, -0.1) is 0 Å². The van der Waals surface area contributed by atoms with Crippen LogP contribution in [-0.4, -0.2) is 29.1 Å². The van der Waals surface area contributed by atoms with Crippen molar-refractivity contribution >= 4 is 27.7 Å². The Balaban J connectivity index is 2.01. The highest BCUT2D eigenvalue weighted by molar-refractivity contribution is 9.10. The highest BCUT2D eigenvalue weighted by Crippen LogP contribution is 2.28. The summed E-state index contributed by atoms with van der Waals surface area (Å²) < 4.78 is 1.08. The molecule has 0 radical (unpaired) electrons. The first kappa shape index (κ1) is 13.4. The second-order valence-electron chi connectivity index (χ2n) is 4.50. The summed E-state index contributed by atoms with van der Waals surface area (Å²) in [5, 5.41) is 3.64. The number of nitrogens with zero attached hydrogens (tertiary/aromatic N) is 1. The molecule has 0 spiro atoms. The lowest BCUT2D eigenvalue weighted by Gasteiger charge is -2.23. The van der Waals surface area contributed by atoms with Crippen LogP contribution < -0.4 is 5.32 Å². The van der Waals surface area contributed by atoms with E-state index in [4.69, 9.17) is 0 Å². The summed E-state index contributed by atoms with van der Waals surface area (Å²) in [5.74, 6) is 3.45. The molecule has 1 aromatic rings. The zero-order chi connectivity index (χ0) is 12.1. The molecule has 1 saturated heterocycles. The van der Waals surface area contributed by atoms with Gasteiger partial charge in [-0.3, -0.25) is 4.98 Å². The number of aromatic nitrogens is 1. The lowest BCUT2D eigenvalue weighted by Crippen LogP contribution is -2.38. The summed E-state index contributed by atoms with van der Waals surface area (Å²) in [6, 6.07) is 2.78. The first-order valence-electron chi connectivity index (χ1n) is 6.20. The molecule has 1 aliphatic heterocycles. The highest BCUT2D eigenvalue weighted by atomic mass is 79.9. The standard InChI is InChI=1S/C13H19BrN2S/c1-2-16-13(11-3-4-17-9-11)6-10-5-12(14)8-15-7-10/h5,7-8,11,13,16H,2-4,6,9H2,1H3. The number of thioether (sulfide) groups is 1. The Kier molecular flexibility index (Phi) is 5.32. The molecule has 2 atom stereocenters. The summed E-state index contributed by atoms with van der Waals surface area (Å²) in [6.45, 7) is 3.24. The molecule has 2 rings (SSSR count). The van der Waals surface area contributed by atoms with E-state index in [9.17, 15) is 0 Å². The van der Waals surface area contributed by atoms with E-state index < -0.39 is 0 Å². The smallest absolute Gasteiger partial charge is 0.0410 e. The van der Waals surface area contributed by atoms with Gasteiger partial charge >= 0.3 is 0 Å². The summed E-state index contributed by atoms with van der Waals surface area (Å²) in [4.78, 5) is 4.24. The minimum Gasteiger partial charge on any atom is -0.314 e. The van der Waals surface area contributed by atoms with Crippen LogP contribution in [-0.2, 0) is 6.42 Å². The van der Waals surface area contributed by atoms with Gasteiger partial charge in [0.15, 0.2) is 0 Å². The third kappa shape index (κ3) is 3.97. The van der Waals surface area contributed by atoms with E-state index in [1.807, 2.05) is 12.4 Å². The molecule has 0 aromatic carbocycles. The van der Waals surface area contributed by atoms with Gasteiger partial charge in [0.1, 0.15) is 0 Å². The zero-order valence-electron chi connectivity index (χ0n) is 10.2. The molecule has 1 aliphatic rings. The SMILES string of the molecule is CCNC(Cc1cncc(Br)c1)C1CCSC1. The molecule has 1 N–H and O–H groups in total. The Labute approximate surface area is 116 Å². The Hall–Kier alpha value is -0.0600. The molecule has 2 nitrogen and oxygen atoms in total. The number of rotatable bonds is 5. The van der Waals surface area contributed by atoms with Gasteiger partial charge in [-0.1, -0.05) is 6.92 Å². The van der Waals surface area contributed by atoms with Gasteiger partial charge in [0.05, 0.1) is 0 Å². The topological polar surface area (TPSA) is 24.9 Å². The molecule has 0 amide bonds. The molecule has 0 aliphatic carbocycles. The maximum absolute atomic E-state index is 4.24. The first-order chi connectivity index (χ1) is 8.29. The molecular weight excluding hydrogens is 296 g/mol. The lowest BCUT2D eigenvalue weighted by molar-refractivity contribution is 0.387. The summed E-state index contributed by atoms with van der Waals surface area (Å²) in [6.07, 6.45) is 6.27. The van der Waals surface area contributed by atoms with Gasteiger partial charge in [-0.05, 0) is 64.4 Å². The second-order valence-corrected chi connectivity index (χ2v) is 6.57. The van der Waals surface area contributed by atoms with Crippen molar-refractivity contribution in [3.8, 4) is 0 Å². The Bertz CT molecular complexity index is 353. The Morgan fingerprint density at radius 3 is 3.12 bits per heavy atom. The van der Waals surface area contributed by atoms with Crippen molar-refractivity contribution in [3.05, 3.63) is 28.5 Å². The van der Waals surface area contributed by atoms with E-state index in [2.05, 4.69) is 51.0 Å². The minimum atomic E-state index is 0.603. The van der Waals surface area contributed by atoms with Crippen LogP contribution in [0.1, 0.15) is 18.9 Å². The van der Waals surface area contributed by atoms with Gasteiger partial charge in [0, 0.05) is 22.9 Å². The molecule has 0 bridgehead atoms. The van der Waals surface area contributed by atoms with Crippen LogP contribution in [0.25, 0.3) is 0 Å². The van der Waals surface area contributed by atoms with Crippen molar-refractivity contribution < 1.29 is 0 Å². The maximum Gasteiger partial charge on any atom is 0.0410 e. The van der Waals surface area contributed by atoms with Crippen molar-refractivity contribution in [2.75, 3.05) is 18.1 Å². The fourth-order valence-corrected chi connectivity index (χ4v) is 4.11. The van der Waals surface area contributed by atoms with Crippen LogP contribution in [0.2, 0.25) is 0 Å². The van der Waals surface area contributed by atoms with E-state index in [-0.39, 0.29) is 0 Å². The molecule has 4 heteroatoms. The van der Waals surface area contributed by atoms with Gasteiger partial charge < -0.3 is 5.32 Å². The third-order valence-corrected chi connectivity index (χ3v) is 4.84. The average Bonchev–Trinajstić information content (AvgIpc) is 2.82. The molecule has 94 valence electrons. The lowest BCUT2D eigenvalue weighted by atomic mass is 9.93. The van der Waals surface area contributed by atoms with Gasteiger partial charge in [0.2, 0.25) is 0 Å². The summed E-state index contributed by atoms with van der Waals surface area (Å²) in [7, 11) is 0. The van der Waals surface area contributed by atoms with Crippen LogP contribution in [0.15, 0.2) is 22.9 Å². The normalized spacial score (nSPS) is 21.6.